The Morgan fingerprint density at radius 2 is 1.44 bits per heavy atom. The molecular formula is C32H33F3N2O6. The normalized spacial score (nSPS) is 19.9. The van der Waals surface area contributed by atoms with Gasteiger partial charge in [0.25, 0.3) is 0 Å². The highest BCUT2D eigenvalue weighted by molar-refractivity contribution is 6.06. The summed E-state index contributed by atoms with van der Waals surface area (Å²) in [5.74, 6) is -0.925. The molecule has 3 aliphatic rings. The predicted octanol–water partition coefficient (Wildman–Crippen LogP) is 7.78. The number of Topliss-reactive ketones (excluding diaryl/α,β-unsaturated/α-hetero) is 2. The molecule has 8 nitrogen and oxygen atoms in total. The van der Waals surface area contributed by atoms with E-state index in [2.05, 4.69) is 5.32 Å². The second-order valence-electron chi connectivity index (χ2n) is 12.9. The summed E-state index contributed by atoms with van der Waals surface area (Å²) in [5.41, 5.74) is 0.751. The van der Waals surface area contributed by atoms with Crippen molar-refractivity contribution in [2.75, 3.05) is 6.61 Å². The Morgan fingerprint density at radius 3 is 1.95 bits per heavy atom. The molecule has 0 unspecified atom stereocenters. The molecule has 1 aliphatic heterocycles. The number of nitro groups is 1. The number of rotatable bonds is 6. The van der Waals surface area contributed by atoms with E-state index in [1.807, 2.05) is 27.7 Å². The first-order valence-electron chi connectivity index (χ1n) is 14.1. The van der Waals surface area contributed by atoms with Crippen LogP contribution in [-0.2, 0) is 15.8 Å². The molecule has 0 fully saturated rings. The van der Waals surface area contributed by atoms with Crippen LogP contribution in [0.2, 0.25) is 0 Å². The number of nitro benzene ring substituents is 1. The minimum atomic E-state index is -4.77. The number of hydrogen-bond donors (Lipinski definition) is 1. The lowest BCUT2D eigenvalue weighted by Crippen LogP contribution is -2.42. The van der Waals surface area contributed by atoms with Crippen LogP contribution in [0.4, 0.5) is 18.9 Å². The van der Waals surface area contributed by atoms with Crippen LogP contribution >= 0.6 is 0 Å². The molecule has 0 atom stereocenters. The van der Waals surface area contributed by atoms with Gasteiger partial charge in [0.2, 0.25) is 5.75 Å². The van der Waals surface area contributed by atoms with E-state index in [0.29, 0.717) is 54.5 Å². The van der Waals surface area contributed by atoms with Gasteiger partial charge in [0, 0.05) is 47.4 Å². The van der Waals surface area contributed by atoms with Gasteiger partial charge in [-0.3, -0.25) is 19.7 Å². The summed E-state index contributed by atoms with van der Waals surface area (Å²) in [4.78, 5) is 37.9. The highest BCUT2D eigenvalue weighted by Crippen LogP contribution is 2.52. The average molecular weight is 599 g/mol. The van der Waals surface area contributed by atoms with Crippen LogP contribution in [0.5, 0.6) is 17.2 Å². The number of ether oxygens (including phenoxy) is 2. The first-order chi connectivity index (χ1) is 20.0. The SMILES string of the molecule is CCOc1cc(C2C3=C(CC(C)(C)CC3=O)NC3=C2C(=O)CC(C)(C)C3)ccc1Oc1ccc(C(F)(F)F)cc1[N+](=O)[O-]. The summed E-state index contributed by atoms with van der Waals surface area (Å²) in [6.07, 6.45) is -2.86. The number of hydrogen-bond acceptors (Lipinski definition) is 7. The number of alkyl halides is 3. The Bertz CT molecular complexity index is 1550. The second kappa shape index (κ2) is 10.5. The predicted molar refractivity (Wildman–Crippen MR) is 152 cm³/mol. The topological polar surface area (TPSA) is 108 Å². The molecule has 0 saturated carbocycles. The average Bonchev–Trinajstić information content (AvgIpc) is 2.86. The third-order valence-corrected chi connectivity index (χ3v) is 8.02. The highest BCUT2D eigenvalue weighted by Gasteiger charge is 2.46. The van der Waals surface area contributed by atoms with Gasteiger partial charge in [0.05, 0.1) is 17.1 Å². The van der Waals surface area contributed by atoms with Gasteiger partial charge in [-0.1, -0.05) is 33.8 Å². The van der Waals surface area contributed by atoms with Gasteiger partial charge in [-0.15, -0.1) is 0 Å². The molecule has 2 aliphatic carbocycles. The molecule has 0 amide bonds. The molecule has 5 rings (SSSR count). The maximum Gasteiger partial charge on any atom is 0.416 e. The number of allylic oxidation sites excluding steroid dienone is 4. The van der Waals surface area contributed by atoms with Crippen molar-refractivity contribution in [3.8, 4) is 17.2 Å². The zero-order chi connectivity index (χ0) is 31.5. The summed E-state index contributed by atoms with van der Waals surface area (Å²) >= 11 is 0. The smallest absolute Gasteiger partial charge is 0.416 e. The zero-order valence-electron chi connectivity index (χ0n) is 24.6. The lowest BCUT2D eigenvalue weighted by atomic mass is 9.64. The maximum absolute atomic E-state index is 13.6. The monoisotopic (exact) mass is 598 g/mol. The van der Waals surface area contributed by atoms with Gasteiger partial charge >= 0.3 is 11.9 Å². The van der Waals surface area contributed by atoms with E-state index in [1.54, 1.807) is 19.1 Å². The molecule has 2 aromatic rings. The Morgan fingerprint density at radius 1 is 0.884 bits per heavy atom. The second-order valence-corrected chi connectivity index (χ2v) is 12.9. The summed E-state index contributed by atoms with van der Waals surface area (Å²) in [6.45, 7) is 10.0. The molecule has 0 radical (unpaired) electrons. The van der Waals surface area contributed by atoms with E-state index in [-0.39, 0.29) is 40.5 Å². The quantitative estimate of drug-likeness (QED) is 0.267. The molecule has 0 aromatic heterocycles. The van der Waals surface area contributed by atoms with Gasteiger partial charge in [0.15, 0.2) is 23.1 Å². The van der Waals surface area contributed by atoms with Gasteiger partial charge in [-0.2, -0.15) is 13.2 Å². The number of carbonyl (C=O) groups excluding carboxylic acids is 2. The molecule has 0 spiro atoms. The van der Waals surface area contributed by atoms with Crippen molar-refractivity contribution in [3.63, 3.8) is 0 Å². The molecule has 1 heterocycles. The molecular weight excluding hydrogens is 565 g/mol. The van der Waals surface area contributed by atoms with Crippen molar-refractivity contribution >= 4 is 17.3 Å². The largest absolute Gasteiger partial charge is 0.490 e. The van der Waals surface area contributed by atoms with E-state index in [9.17, 15) is 32.9 Å². The van der Waals surface area contributed by atoms with Crippen molar-refractivity contribution in [3.05, 3.63) is 80.2 Å². The molecule has 0 bridgehead atoms. The summed E-state index contributed by atoms with van der Waals surface area (Å²) in [7, 11) is 0. The van der Waals surface area contributed by atoms with Crippen LogP contribution in [-0.4, -0.2) is 23.1 Å². The number of nitrogens with one attached hydrogen (secondary N) is 1. The van der Waals surface area contributed by atoms with Crippen molar-refractivity contribution in [1.29, 1.82) is 0 Å². The van der Waals surface area contributed by atoms with Crippen LogP contribution in [0.15, 0.2) is 58.9 Å². The highest BCUT2D eigenvalue weighted by atomic mass is 19.4. The number of ketones is 2. The third kappa shape index (κ3) is 5.89. The fourth-order valence-electron chi connectivity index (χ4n) is 6.32. The van der Waals surface area contributed by atoms with E-state index in [1.165, 1.54) is 6.07 Å². The van der Waals surface area contributed by atoms with Crippen LogP contribution in [0.25, 0.3) is 0 Å². The number of dihydropyridines is 1. The van der Waals surface area contributed by atoms with E-state index >= 15 is 0 Å². The fourth-order valence-corrected chi connectivity index (χ4v) is 6.32. The van der Waals surface area contributed by atoms with Gasteiger partial charge in [0.1, 0.15) is 0 Å². The first kappa shape index (κ1) is 30.3. The fraction of sp³-hybridized carbons (Fsp3) is 0.438. The summed E-state index contributed by atoms with van der Waals surface area (Å²) in [6, 6.07) is 6.84. The molecule has 1 N–H and O–H groups in total. The minimum absolute atomic E-state index is 0.0398. The first-order valence-corrected chi connectivity index (χ1v) is 14.1. The lowest BCUT2D eigenvalue weighted by Gasteiger charge is -2.44. The Balaban J connectivity index is 1.61. The third-order valence-electron chi connectivity index (χ3n) is 8.02. The Labute approximate surface area is 247 Å². The van der Waals surface area contributed by atoms with Crippen LogP contribution in [0.1, 0.15) is 77.3 Å². The van der Waals surface area contributed by atoms with Gasteiger partial charge in [-0.05, 0) is 60.4 Å². The van der Waals surface area contributed by atoms with Gasteiger partial charge < -0.3 is 14.8 Å². The van der Waals surface area contributed by atoms with Crippen molar-refractivity contribution < 1.29 is 37.2 Å². The summed E-state index contributed by atoms with van der Waals surface area (Å²) in [5, 5.41) is 15.1. The van der Waals surface area contributed by atoms with Gasteiger partial charge in [-0.25, -0.2) is 0 Å². The molecule has 228 valence electrons. The summed E-state index contributed by atoms with van der Waals surface area (Å²) < 4.78 is 51.2. The standard InChI is InChI=1S/C32H33F3N2O6/c1-6-42-26-11-17(7-9-25(26)43-24-10-8-18(32(33,34)35)12-21(24)37(40)41)27-28-19(13-30(2,3)15-22(28)38)36-20-14-31(4,5)16-23(39)29(20)27/h7-12,27,36H,6,13-16H2,1-5H3. The number of halogens is 3. The molecule has 43 heavy (non-hydrogen) atoms. The molecule has 0 saturated heterocycles. The van der Waals surface area contributed by atoms with Crippen LogP contribution in [0.3, 0.4) is 0 Å². The van der Waals surface area contributed by atoms with E-state index in [4.69, 9.17) is 9.47 Å². The zero-order valence-corrected chi connectivity index (χ0v) is 24.6. The maximum atomic E-state index is 13.6. The number of carbonyl (C=O) groups is 2. The van der Waals surface area contributed by atoms with E-state index in [0.717, 1.165) is 17.5 Å². The molecule has 2 aromatic carbocycles. The van der Waals surface area contributed by atoms with Crippen molar-refractivity contribution in [2.45, 2.75) is 72.4 Å². The Kier molecular flexibility index (Phi) is 7.43. The number of nitrogens with zero attached hydrogens (tertiary/aromatic N) is 1. The van der Waals surface area contributed by atoms with E-state index < -0.39 is 34.0 Å². The lowest BCUT2D eigenvalue weighted by molar-refractivity contribution is -0.385. The van der Waals surface area contributed by atoms with Crippen LogP contribution in [0, 0.1) is 20.9 Å². The van der Waals surface area contributed by atoms with Crippen molar-refractivity contribution in [1.82, 2.24) is 5.32 Å². The minimum Gasteiger partial charge on any atom is -0.490 e. The Hall–Kier alpha value is -4.15. The number of benzene rings is 2. The van der Waals surface area contributed by atoms with Crippen molar-refractivity contribution in [2.24, 2.45) is 10.8 Å². The molecule has 11 heteroatoms. The van der Waals surface area contributed by atoms with Crippen LogP contribution < -0.4 is 14.8 Å².